The predicted molar refractivity (Wildman–Crippen MR) is 121 cm³/mol. The molecule has 0 saturated carbocycles. The van der Waals surface area contributed by atoms with Crippen LogP contribution in [0.25, 0.3) is 5.82 Å². The summed E-state index contributed by atoms with van der Waals surface area (Å²) in [5, 5.41) is 13.3. The average Bonchev–Trinajstić information content (AvgIpc) is 3.16. The minimum atomic E-state index is 0.0735. The van der Waals surface area contributed by atoms with Crippen molar-refractivity contribution in [2.24, 2.45) is 5.92 Å². The Bertz CT molecular complexity index is 1080. The fourth-order valence-electron chi connectivity index (χ4n) is 4.80. The lowest BCUT2D eigenvalue weighted by atomic mass is 9.93. The van der Waals surface area contributed by atoms with E-state index in [4.69, 9.17) is 0 Å². The van der Waals surface area contributed by atoms with Crippen LogP contribution >= 0.6 is 0 Å². The van der Waals surface area contributed by atoms with Crippen molar-refractivity contribution in [2.75, 3.05) is 29.4 Å². The number of hydrogen-bond acceptors (Lipinski definition) is 5. The zero-order valence-corrected chi connectivity index (χ0v) is 18.2. The van der Waals surface area contributed by atoms with Crippen molar-refractivity contribution in [3.05, 3.63) is 59.4 Å². The van der Waals surface area contributed by atoms with Crippen molar-refractivity contribution in [3.8, 4) is 5.82 Å². The van der Waals surface area contributed by atoms with Gasteiger partial charge < -0.3 is 9.80 Å². The molecule has 3 aromatic rings. The third kappa shape index (κ3) is 3.80. The summed E-state index contributed by atoms with van der Waals surface area (Å²) in [4.78, 5) is 17.5. The number of piperidine rings is 1. The fraction of sp³-hybridized carbons (Fsp3) is 0.417. The van der Waals surface area contributed by atoms with E-state index in [1.54, 1.807) is 0 Å². The third-order valence-electron chi connectivity index (χ3n) is 6.41. The minimum absolute atomic E-state index is 0.0735. The van der Waals surface area contributed by atoms with Crippen molar-refractivity contribution in [1.29, 1.82) is 0 Å². The van der Waals surface area contributed by atoms with E-state index in [0.717, 1.165) is 74.0 Å². The summed E-state index contributed by atoms with van der Waals surface area (Å²) in [5.41, 5.74) is 4.40. The van der Waals surface area contributed by atoms with Gasteiger partial charge in [0.1, 0.15) is 0 Å². The third-order valence-corrected chi connectivity index (χ3v) is 6.41. The van der Waals surface area contributed by atoms with Crippen LogP contribution in [0.15, 0.2) is 42.5 Å². The molecule has 1 amide bonds. The molecule has 0 N–H and O–H groups in total. The van der Waals surface area contributed by atoms with Gasteiger partial charge in [-0.25, -0.2) is 4.68 Å². The van der Waals surface area contributed by atoms with E-state index in [1.807, 2.05) is 47.7 Å². The van der Waals surface area contributed by atoms with E-state index in [0.29, 0.717) is 0 Å². The van der Waals surface area contributed by atoms with Crippen LogP contribution in [0.4, 0.5) is 11.5 Å². The molecule has 2 aliphatic rings. The van der Waals surface area contributed by atoms with Crippen molar-refractivity contribution < 1.29 is 4.79 Å². The molecular formula is C24H28N6O. The highest BCUT2D eigenvalue weighted by Crippen LogP contribution is 2.31. The second-order valence-corrected chi connectivity index (χ2v) is 8.57. The van der Waals surface area contributed by atoms with E-state index in [2.05, 4.69) is 38.4 Å². The van der Waals surface area contributed by atoms with Gasteiger partial charge in [0.25, 0.3) is 0 Å². The van der Waals surface area contributed by atoms with Gasteiger partial charge in [0.15, 0.2) is 11.6 Å². The topological polar surface area (TPSA) is 67.2 Å². The Balaban J connectivity index is 1.24. The summed E-state index contributed by atoms with van der Waals surface area (Å²) in [7, 11) is 0. The number of hydrogen-bond donors (Lipinski definition) is 0. The molecule has 0 bridgehead atoms. The van der Waals surface area contributed by atoms with E-state index in [9.17, 15) is 4.79 Å². The fourth-order valence-corrected chi connectivity index (χ4v) is 4.80. The number of nitrogens with zero attached hydrogens (tertiary/aromatic N) is 6. The SMILES string of the molecule is Cc1cc(C)n(-c2ccc(N3CCC(C(=O)N4CCCc5ccccc54)CC3)nn2)n1. The first kappa shape index (κ1) is 19.7. The normalized spacial score (nSPS) is 17.0. The second-order valence-electron chi connectivity index (χ2n) is 8.57. The first-order valence-electron chi connectivity index (χ1n) is 11.1. The number of aryl methyl sites for hydroxylation is 3. The molecule has 0 aliphatic carbocycles. The van der Waals surface area contributed by atoms with E-state index >= 15 is 0 Å². The minimum Gasteiger partial charge on any atom is -0.355 e. The van der Waals surface area contributed by atoms with Crippen LogP contribution in [0.2, 0.25) is 0 Å². The van der Waals surface area contributed by atoms with Gasteiger partial charge in [0.05, 0.1) is 5.69 Å². The maximum absolute atomic E-state index is 13.3. The summed E-state index contributed by atoms with van der Waals surface area (Å²) >= 11 is 0. The Morgan fingerprint density at radius 1 is 0.968 bits per heavy atom. The number of carbonyl (C=O) groups excluding carboxylic acids is 1. The van der Waals surface area contributed by atoms with Crippen molar-refractivity contribution in [1.82, 2.24) is 20.0 Å². The first-order valence-corrected chi connectivity index (χ1v) is 11.1. The van der Waals surface area contributed by atoms with Crippen LogP contribution in [0.5, 0.6) is 0 Å². The lowest BCUT2D eigenvalue weighted by Crippen LogP contribution is -2.44. The molecule has 1 aromatic carbocycles. The molecule has 1 saturated heterocycles. The van der Waals surface area contributed by atoms with E-state index in [-0.39, 0.29) is 11.8 Å². The molecule has 0 spiro atoms. The smallest absolute Gasteiger partial charge is 0.230 e. The number of fused-ring (bicyclic) bond motifs is 1. The lowest BCUT2D eigenvalue weighted by molar-refractivity contribution is -0.123. The summed E-state index contributed by atoms with van der Waals surface area (Å²) in [6, 6.07) is 14.3. The average molecular weight is 417 g/mol. The van der Waals surface area contributed by atoms with Gasteiger partial charge >= 0.3 is 0 Å². The van der Waals surface area contributed by atoms with Crippen molar-refractivity contribution >= 4 is 17.4 Å². The van der Waals surface area contributed by atoms with Crippen molar-refractivity contribution in [3.63, 3.8) is 0 Å². The number of benzene rings is 1. The van der Waals surface area contributed by atoms with Crippen molar-refractivity contribution in [2.45, 2.75) is 39.5 Å². The van der Waals surface area contributed by atoms with Gasteiger partial charge in [-0.15, -0.1) is 10.2 Å². The molecule has 2 aliphatic heterocycles. The van der Waals surface area contributed by atoms with Gasteiger partial charge in [-0.05, 0) is 69.4 Å². The van der Waals surface area contributed by atoms with Gasteiger partial charge in [-0.3, -0.25) is 4.79 Å². The number of carbonyl (C=O) groups is 1. The van der Waals surface area contributed by atoms with Crippen LogP contribution in [0.3, 0.4) is 0 Å². The zero-order valence-electron chi connectivity index (χ0n) is 18.2. The summed E-state index contributed by atoms with van der Waals surface area (Å²) in [5.74, 6) is 1.93. The summed E-state index contributed by atoms with van der Waals surface area (Å²) in [6.07, 6.45) is 3.79. The van der Waals surface area contributed by atoms with Gasteiger partial charge in [-0.2, -0.15) is 5.10 Å². The summed E-state index contributed by atoms with van der Waals surface area (Å²) < 4.78 is 1.81. The number of para-hydroxylation sites is 1. The number of anilines is 2. The molecule has 0 radical (unpaired) electrons. The monoisotopic (exact) mass is 416 g/mol. The molecule has 2 aromatic heterocycles. The Labute approximate surface area is 182 Å². The van der Waals surface area contributed by atoms with E-state index in [1.165, 1.54) is 5.56 Å². The summed E-state index contributed by atoms with van der Waals surface area (Å²) in [6.45, 7) is 6.45. The highest BCUT2D eigenvalue weighted by Gasteiger charge is 2.31. The molecular weight excluding hydrogens is 388 g/mol. The molecule has 4 heterocycles. The maximum Gasteiger partial charge on any atom is 0.230 e. The maximum atomic E-state index is 13.3. The van der Waals surface area contributed by atoms with Gasteiger partial charge in [-0.1, -0.05) is 18.2 Å². The molecule has 7 nitrogen and oxygen atoms in total. The standard InChI is InChI=1S/C24H28N6O/c1-17-16-18(2)30(27-17)23-10-9-22(25-26-23)28-14-11-20(12-15-28)24(31)29-13-5-7-19-6-3-4-8-21(19)29/h3-4,6,8-10,16,20H,5,7,11-15H2,1-2H3. The highest BCUT2D eigenvalue weighted by atomic mass is 16.2. The molecule has 5 rings (SSSR count). The first-order chi connectivity index (χ1) is 15.1. The second kappa shape index (κ2) is 8.13. The lowest BCUT2D eigenvalue weighted by Gasteiger charge is -2.36. The zero-order chi connectivity index (χ0) is 21.4. The Kier molecular flexibility index (Phi) is 5.18. The van der Waals surface area contributed by atoms with E-state index < -0.39 is 0 Å². The van der Waals surface area contributed by atoms with Crippen LogP contribution in [0, 0.1) is 19.8 Å². The molecule has 0 unspecified atom stereocenters. The van der Waals surface area contributed by atoms with Crippen LogP contribution < -0.4 is 9.80 Å². The number of rotatable bonds is 3. The quantitative estimate of drug-likeness (QED) is 0.654. The molecule has 160 valence electrons. The number of amides is 1. The van der Waals surface area contributed by atoms with Gasteiger partial charge in [0, 0.05) is 36.9 Å². The van der Waals surface area contributed by atoms with Crippen LogP contribution in [-0.2, 0) is 11.2 Å². The Hall–Kier alpha value is -3.22. The predicted octanol–water partition coefficient (Wildman–Crippen LogP) is 3.47. The van der Waals surface area contributed by atoms with Crippen LogP contribution in [-0.4, -0.2) is 45.5 Å². The Morgan fingerprint density at radius 3 is 2.42 bits per heavy atom. The largest absolute Gasteiger partial charge is 0.355 e. The molecule has 7 heteroatoms. The number of aromatic nitrogens is 4. The molecule has 31 heavy (non-hydrogen) atoms. The Morgan fingerprint density at radius 2 is 1.71 bits per heavy atom. The highest BCUT2D eigenvalue weighted by molar-refractivity contribution is 5.96. The van der Waals surface area contributed by atoms with Crippen LogP contribution in [0.1, 0.15) is 36.2 Å². The molecule has 1 fully saturated rings. The molecule has 0 atom stereocenters. The van der Waals surface area contributed by atoms with Gasteiger partial charge in [0.2, 0.25) is 5.91 Å².